The van der Waals surface area contributed by atoms with Gasteiger partial charge >= 0.3 is 5.69 Å². The first kappa shape index (κ1) is 11.2. The lowest BCUT2D eigenvalue weighted by molar-refractivity contribution is 0.515. The van der Waals surface area contributed by atoms with Crippen molar-refractivity contribution in [2.75, 3.05) is 0 Å². The first-order valence-electron chi connectivity index (χ1n) is 6.28. The third-order valence-electron chi connectivity index (χ3n) is 3.72. The van der Waals surface area contributed by atoms with E-state index in [1.807, 2.05) is 6.92 Å². The molecule has 1 aliphatic carbocycles. The molecule has 0 bridgehead atoms. The SMILES string of the molecule is Cc1cc(=O)n(C2CCCC2)c2[nH]c(=O)ncc12. The summed E-state index contributed by atoms with van der Waals surface area (Å²) in [4.78, 5) is 30.0. The highest BCUT2D eigenvalue weighted by Crippen LogP contribution is 2.30. The van der Waals surface area contributed by atoms with Gasteiger partial charge in [-0.2, -0.15) is 0 Å². The lowest BCUT2D eigenvalue weighted by atomic mass is 10.1. The third-order valence-corrected chi connectivity index (χ3v) is 3.72. The normalized spacial score (nSPS) is 16.5. The maximum absolute atomic E-state index is 12.2. The van der Waals surface area contributed by atoms with E-state index in [1.54, 1.807) is 16.8 Å². The van der Waals surface area contributed by atoms with Gasteiger partial charge in [0.15, 0.2) is 0 Å². The van der Waals surface area contributed by atoms with Gasteiger partial charge in [-0.3, -0.25) is 14.3 Å². The monoisotopic (exact) mass is 245 g/mol. The summed E-state index contributed by atoms with van der Waals surface area (Å²) in [5.74, 6) is 0. The van der Waals surface area contributed by atoms with Gasteiger partial charge in [0.05, 0.1) is 0 Å². The smallest absolute Gasteiger partial charge is 0.291 e. The fourth-order valence-corrected chi connectivity index (χ4v) is 2.83. The van der Waals surface area contributed by atoms with Crippen molar-refractivity contribution in [3.8, 4) is 0 Å². The predicted molar refractivity (Wildman–Crippen MR) is 68.9 cm³/mol. The highest BCUT2D eigenvalue weighted by molar-refractivity contribution is 5.77. The lowest BCUT2D eigenvalue weighted by Crippen LogP contribution is -2.26. The number of aromatic amines is 1. The second-order valence-electron chi connectivity index (χ2n) is 4.92. The Bertz CT molecular complexity index is 708. The number of rotatable bonds is 1. The summed E-state index contributed by atoms with van der Waals surface area (Å²) in [5, 5.41) is 0.848. The molecule has 0 aliphatic heterocycles. The first-order chi connectivity index (χ1) is 8.66. The van der Waals surface area contributed by atoms with E-state index in [1.165, 1.54) is 0 Å². The molecule has 0 spiro atoms. The van der Waals surface area contributed by atoms with Crippen LogP contribution in [0.4, 0.5) is 0 Å². The zero-order valence-electron chi connectivity index (χ0n) is 10.3. The molecule has 3 rings (SSSR count). The van der Waals surface area contributed by atoms with Crippen LogP contribution < -0.4 is 11.2 Å². The Kier molecular flexibility index (Phi) is 2.54. The molecular formula is C13H15N3O2. The van der Waals surface area contributed by atoms with Crippen LogP contribution in [0, 0.1) is 6.92 Å². The predicted octanol–water partition coefficient (Wildman–Crippen LogP) is 1.51. The molecule has 5 nitrogen and oxygen atoms in total. The van der Waals surface area contributed by atoms with E-state index in [0.717, 1.165) is 36.6 Å². The molecule has 5 heteroatoms. The lowest BCUT2D eigenvalue weighted by Gasteiger charge is -2.16. The molecule has 0 atom stereocenters. The summed E-state index contributed by atoms with van der Waals surface area (Å²) in [7, 11) is 0. The van der Waals surface area contributed by atoms with Crippen molar-refractivity contribution in [3.63, 3.8) is 0 Å². The summed E-state index contributed by atoms with van der Waals surface area (Å²) in [6, 6.07) is 1.83. The molecule has 1 fully saturated rings. The topological polar surface area (TPSA) is 67.8 Å². The van der Waals surface area contributed by atoms with E-state index >= 15 is 0 Å². The van der Waals surface area contributed by atoms with Crippen molar-refractivity contribution < 1.29 is 0 Å². The van der Waals surface area contributed by atoms with Crippen LogP contribution in [0.2, 0.25) is 0 Å². The molecule has 2 aromatic heterocycles. The summed E-state index contributed by atoms with van der Waals surface area (Å²) >= 11 is 0. The quantitative estimate of drug-likeness (QED) is 0.828. The molecule has 2 aromatic rings. The van der Waals surface area contributed by atoms with E-state index in [4.69, 9.17) is 0 Å². The van der Waals surface area contributed by atoms with Crippen LogP contribution in [0.5, 0.6) is 0 Å². The van der Waals surface area contributed by atoms with E-state index in [-0.39, 0.29) is 11.6 Å². The summed E-state index contributed by atoms with van der Waals surface area (Å²) in [6.45, 7) is 1.86. The van der Waals surface area contributed by atoms with Gasteiger partial charge in [-0.15, -0.1) is 0 Å². The van der Waals surface area contributed by atoms with Crippen molar-refractivity contribution in [2.45, 2.75) is 38.6 Å². The van der Waals surface area contributed by atoms with Gasteiger partial charge in [-0.05, 0) is 25.3 Å². The number of hydrogen-bond acceptors (Lipinski definition) is 3. The fourth-order valence-electron chi connectivity index (χ4n) is 2.83. The van der Waals surface area contributed by atoms with E-state index in [2.05, 4.69) is 9.97 Å². The van der Waals surface area contributed by atoms with Crippen LogP contribution in [0.15, 0.2) is 21.9 Å². The number of aromatic nitrogens is 3. The number of nitrogens with zero attached hydrogens (tertiary/aromatic N) is 2. The van der Waals surface area contributed by atoms with Crippen molar-refractivity contribution in [1.82, 2.24) is 14.5 Å². The Morgan fingerprint density at radius 2 is 2.06 bits per heavy atom. The minimum absolute atomic E-state index is 0.0336. The number of aryl methyl sites for hydroxylation is 1. The van der Waals surface area contributed by atoms with Crippen LogP contribution in [0.1, 0.15) is 37.3 Å². The van der Waals surface area contributed by atoms with Gasteiger partial charge in [0.25, 0.3) is 5.56 Å². The third kappa shape index (κ3) is 1.66. The van der Waals surface area contributed by atoms with Crippen LogP contribution >= 0.6 is 0 Å². The van der Waals surface area contributed by atoms with E-state index in [0.29, 0.717) is 5.65 Å². The Labute approximate surface area is 103 Å². The molecule has 0 saturated heterocycles. The minimum atomic E-state index is -0.403. The standard InChI is InChI=1S/C13H15N3O2/c1-8-6-11(17)16(9-4-2-3-5-9)12-10(8)7-14-13(18)15-12/h6-7,9H,2-5H2,1H3,(H,14,15,18). The van der Waals surface area contributed by atoms with Crippen LogP contribution in [0.25, 0.3) is 11.0 Å². The fraction of sp³-hybridized carbons (Fsp3) is 0.462. The van der Waals surface area contributed by atoms with E-state index in [9.17, 15) is 9.59 Å². The van der Waals surface area contributed by atoms with Crippen molar-refractivity contribution in [1.29, 1.82) is 0 Å². The summed E-state index contributed by atoms with van der Waals surface area (Å²) in [5.41, 5.74) is 1.04. The minimum Gasteiger partial charge on any atom is -0.291 e. The average Bonchev–Trinajstić information content (AvgIpc) is 2.82. The molecule has 1 aliphatic rings. The molecule has 2 heterocycles. The maximum atomic E-state index is 12.2. The largest absolute Gasteiger partial charge is 0.346 e. The van der Waals surface area contributed by atoms with Crippen LogP contribution in [-0.4, -0.2) is 14.5 Å². The molecular weight excluding hydrogens is 230 g/mol. The van der Waals surface area contributed by atoms with Crippen molar-refractivity contribution in [3.05, 3.63) is 38.7 Å². The molecule has 0 aromatic carbocycles. The summed E-state index contributed by atoms with van der Waals surface area (Å²) in [6.07, 6.45) is 5.84. The summed E-state index contributed by atoms with van der Waals surface area (Å²) < 4.78 is 1.73. The van der Waals surface area contributed by atoms with Gasteiger partial charge in [-0.1, -0.05) is 12.8 Å². The molecule has 94 valence electrons. The number of pyridine rings is 1. The molecule has 1 N–H and O–H groups in total. The van der Waals surface area contributed by atoms with Gasteiger partial charge in [0, 0.05) is 23.7 Å². The van der Waals surface area contributed by atoms with Crippen molar-refractivity contribution in [2.24, 2.45) is 0 Å². The molecule has 0 amide bonds. The number of nitrogens with one attached hydrogen (secondary N) is 1. The second kappa shape index (κ2) is 4.08. The molecule has 0 unspecified atom stereocenters. The van der Waals surface area contributed by atoms with Gasteiger partial charge < -0.3 is 0 Å². The Hall–Kier alpha value is -1.91. The van der Waals surface area contributed by atoms with Crippen molar-refractivity contribution >= 4 is 11.0 Å². The zero-order chi connectivity index (χ0) is 12.7. The van der Waals surface area contributed by atoms with Gasteiger partial charge in [0.1, 0.15) is 5.65 Å². The number of hydrogen-bond donors (Lipinski definition) is 1. The number of H-pyrrole nitrogens is 1. The van der Waals surface area contributed by atoms with Gasteiger partial charge in [-0.25, -0.2) is 9.78 Å². The first-order valence-corrected chi connectivity index (χ1v) is 6.28. The molecule has 1 saturated carbocycles. The molecule has 0 radical (unpaired) electrons. The average molecular weight is 245 g/mol. The molecule has 18 heavy (non-hydrogen) atoms. The highest BCUT2D eigenvalue weighted by Gasteiger charge is 2.20. The number of fused-ring (bicyclic) bond motifs is 1. The Morgan fingerprint density at radius 1 is 1.33 bits per heavy atom. The highest BCUT2D eigenvalue weighted by atomic mass is 16.1. The van der Waals surface area contributed by atoms with Gasteiger partial charge in [0.2, 0.25) is 0 Å². The van der Waals surface area contributed by atoms with Crippen LogP contribution in [0.3, 0.4) is 0 Å². The van der Waals surface area contributed by atoms with Crippen LogP contribution in [-0.2, 0) is 0 Å². The second-order valence-corrected chi connectivity index (χ2v) is 4.92. The zero-order valence-corrected chi connectivity index (χ0v) is 10.3. The Morgan fingerprint density at radius 3 is 2.78 bits per heavy atom. The Balaban J connectivity index is 2.38. The maximum Gasteiger partial charge on any atom is 0.346 e. The van der Waals surface area contributed by atoms with E-state index < -0.39 is 5.69 Å².